The van der Waals surface area contributed by atoms with Gasteiger partial charge < -0.3 is 10.1 Å². The van der Waals surface area contributed by atoms with Crippen LogP contribution in [0.25, 0.3) is 11.0 Å². The van der Waals surface area contributed by atoms with E-state index >= 15 is 0 Å². The fraction of sp³-hybridized carbons (Fsp3) is 0.682. The first-order valence-corrected chi connectivity index (χ1v) is 10.9. The van der Waals surface area contributed by atoms with Crippen molar-refractivity contribution in [3.05, 3.63) is 23.5 Å². The molecule has 2 aliphatic carbocycles. The number of hydrogen-bond donors (Lipinski definition) is 1. The van der Waals surface area contributed by atoms with Gasteiger partial charge in [0.2, 0.25) is 0 Å². The van der Waals surface area contributed by atoms with Crippen LogP contribution >= 0.6 is 0 Å². The summed E-state index contributed by atoms with van der Waals surface area (Å²) in [7, 11) is 0. The first-order valence-electron chi connectivity index (χ1n) is 10.9. The quantitative estimate of drug-likeness (QED) is 0.687. The van der Waals surface area contributed by atoms with Gasteiger partial charge in [-0.2, -0.15) is 5.10 Å². The third kappa shape index (κ3) is 4.37. The number of fused-ring (bicyclic) bond motifs is 1. The first-order chi connectivity index (χ1) is 13.6. The van der Waals surface area contributed by atoms with Gasteiger partial charge in [-0.15, -0.1) is 0 Å². The van der Waals surface area contributed by atoms with Crippen LogP contribution < -0.4 is 5.32 Å². The molecular formula is C22H32N4O2. The molecule has 0 atom stereocenters. The summed E-state index contributed by atoms with van der Waals surface area (Å²) in [6, 6.07) is 2.19. The number of aromatic nitrogens is 3. The van der Waals surface area contributed by atoms with Gasteiger partial charge in [0, 0.05) is 30.8 Å². The van der Waals surface area contributed by atoms with E-state index in [1.54, 1.807) is 6.20 Å². The standard InChI is InChI=1S/C22H32N4O2/c1-15(2)26-21-19(14-24-26)18(13-20(25-21)16-9-10-16)22(27)23-11-6-12-28-17-7-4-3-5-8-17/h13-17H,3-12H2,1-2H3,(H,23,27). The number of pyridine rings is 1. The lowest BCUT2D eigenvalue weighted by Crippen LogP contribution is -2.26. The van der Waals surface area contributed by atoms with Crippen molar-refractivity contribution in [2.75, 3.05) is 13.2 Å². The molecule has 28 heavy (non-hydrogen) atoms. The Bertz CT molecular complexity index is 819. The molecule has 2 aromatic rings. The van der Waals surface area contributed by atoms with Crippen LogP contribution in [0.15, 0.2) is 12.3 Å². The minimum Gasteiger partial charge on any atom is -0.378 e. The van der Waals surface area contributed by atoms with Crippen LogP contribution in [0.1, 0.15) is 93.2 Å². The van der Waals surface area contributed by atoms with Crippen molar-refractivity contribution in [3.8, 4) is 0 Å². The molecule has 152 valence electrons. The average Bonchev–Trinajstić information content (AvgIpc) is 3.46. The third-order valence-electron chi connectivity index (χ3n) is 5.83. The second kappa shape index (κ2) is 8.60. The van der Waals surface area contributed by atoms with E-state index in [0.717, 1.165) is 42.6 Å². The van der Waals surface area contributed by atoms with Gasteiger partial charge >= 0.3 is 0 Å². The van der Waals surface area contributed by atoms with E-state index in [9.17, 15) is 4.79 Å². The molecule has 0 spiro atoms. The Morgan fingerprint density at radius 3 is 2.75 bits per heavy atom. The molecule has 2 heterocycles. The monoisotopic (exact) mass is 384 g/mol. The van der Waals surface area contributed by atoms with Gasteiger partial charge in [-0.05, 0) is 52.0 Å². The SMILES string of the molecule is CC(C)n1ncc2c(C(=O)NCCCOC3CCCCC3)cc(C3CC3)nc21. The van der Waals surface area contributed by atoms with Crippen molar-refractivity contribution in [3.63, 3.8) is 0 Å². The van der Waals surface area contributed by atoms with Crippen LogP contribution in [0, 0.1) is 0 Å². The summed E-state index contributed by atoms with van der Waals surface area (Å²) in [5, 5.41) is 8.39. The van der Waals surface area contributed by atoms with E-state index in [2.05, 4.69) is 24.3 Å². The number of ether oxygens (including phenoxy) is 1. The molecular weight excluding hydrogens is 352 g/mol. The Morgan fingerprint density at radius 2 is 2.04 bits per heavy atom. The van der Waals surface area contributed by atoms with E-state index in [1.165, 1.54) is 32.1 Å². The smallest absolute Gasteiger partial charge is 0.252 e. The zero-order chi connectivity index (χ0) is 19.5. The highest BCUT2D eigenvalue weighted by molar-refractivity contribution is 6.05. The molecule has 4 rings (SSSR count). The van der Waals surface area contributed by atoms with Crippen molar-refractivity contribution in [2.45, 2.75) is 83.3 Å². The predicted octanol–water partition coefficient (Wildman–Crippen LogP) is 4.36. The molecule has 0 unspecified atom stereocenters. The fourth-order valence-corrected chi connectivity index (χ4v) is 4.04. The van der Waals surface area contributed by atoms with Crippen molar-refractivity contribution >= 4 is 16.9 Å². The number of carbonyl (C=O) groups is 1. The summed E-state index contributed by atoms with van der Waals surface area (Å²) in [4.78, 5) is 17.7. The van der Waals surface area contributed by atoms with E-state index in [0.29, 0.717) is 24.1 Å². The molecule has 0 aromatic carbocycles. The molecule has 1 amide bonds. The number of amides is 1. The van der Waals surface area contributed by atoms with Crippen molar-refractivity contribution in [1.82, 2.24) is 20.1 Å². The minimum absolute atomic E-state index is 0.0322. The van der Waals surface area contributed by atoms with Crippen LogP contribution in [0.5, 0.6) is 0 Å². The Labute approximate surface area is 167 Å². The predicted molar refractivity (Wildman–Crippen MR) is 110 cm³/mol. The zero-order valence-corrected chi connectivity index (χ0v) is 17.1. The van der Waals surface area contributed by atoms with Gasteiger partial charge in [-0.3, -0.25) is 4.79 Å². The van der Waals surface area contributed by atoms with Crippen LogP contribution in [-0.4, -0.2) is 39.9 Å². The molecule has 2 aliphatic rings. The van der Waals surface area contributed by atoms with Gasteiger partial charge in [-0.25, -0.2) is 9.67 Å². The minimum atomic E-state index is -0.0322. The molecule has 6 nitrogen and oxygen atoms in total. The van der Waals surface area contributed by atoms with Gasteiger partial charge in [0.05, 0.1) is 23.3 Å². The lowest BCUT2D eigenvalue weighted by Gasteiger charge is -2.21. The van der Waals surface area contributed by atoms with Crippen LogP contribution in [0.3, 0.4) is 0 Å². The maximum absolute atomic E-state index is 12.9. The molecule has 2 aromatic heterocycles. The average molecular weight is 385 g/mol. The number of carbonyl (C=O) groups excluding carboxylic acids is 1. The lowest BCUT2D eigenvalue weighted by atomic mass is 9.98. The highest BCUT2D eigenvalue weighted by atomic mass is 16.5. The number of rotatable bonds is 8. The Morgan fingerprint density at radius 1 is 1.25 bits per heavy atom. The maximum atomic E-state index is 12.9. The van der Waals surface area contributed by atoms with Crippen molar-refractivity contribution in [2.24, 2.45) is 0 Å². The maximum Gasteiger partial charge on any atom is 0.252 e. The normalized spacial score (nSPS) is 18.1. The number of nitrogens with zero attached hydrogens (tertiary/aromatic N) is 3. The first kappa shape index (κ1) is 19.4. The molecule has 2 fully saturated rings. The van der Waals surface area contributed by atoms with Gasteiger partial charge in [0.25, 0.3) is 5.91 Å². The molecule has 0 bridgehead atoms. The van der Waals surface area contributed by atoms with E-state index < -0.39 is 0 Å². The highest BCUT2D eigenvalue weighted by Crippen LogP contribution is 2.40. The Balaban J connectivity index is 1.39. The zero-order valence-electron chi connectivity index (χ0n) is 17.1. The van der Waals surface area contributed by atoms with Crippen LogP contribution in [0.2, 0.25) is 0 Å². The fourth-order valence-electron chi connectivity index (χ4n) is 4.04. The largest absolute Gasteiger partial charge is 0.378 e. The molecule has 0 aliphatic heterocycles. The Hall–Kier alpha value is -1.95. The third-order valence-corrected chi connectivity index (χ3v) is 5.83. The number of nitrogens with one attached hydrogen (secondary N) is 1. The van der Waals surface area contributed by atoms with Crippen LogP contribution in [0.4, 0.5) is 0 Å². The second-order valence-corrected chi connectivity index (χ2v) is 8.53. The summed E-state index contributed by atoms with van der Waals surface area (Å²) in [5.74, 6) is 0.464. The molecule has 1 N–H and O–H groups in total. The lowest BCUT2D eigenvalue weighted by molar-refractivity contribution is 0.0273. The van der Waals surface area contributed by atoms with Crippen LogP contribution in [-0.2, 0) is 4.74 Å². The summed E-state index contributed by atoms with van der Waals surface area (Å²) >= 11 is 0. The second-order valence-electron chi connectivity index (χ2n) is 8.53. The highest BCUT2D eigenvalue weighted by Gasteiger charge is 2.28. The van der Waals surface area contributed by atoms with Gasteiger partial charge in [-0.1, -0.05) is 19.3 Å². The van der Waals surface area contributed by atoms with E-state index in [-0.39, 0.29) is 11.9 Å². The summed E-state index contributed by atoms with van der Waals surface area (Å²) in [6.45, 7) is 5.52. The molecule has 6 heteroatoms. The Kier molecular flexibility index (Phi) is 5.95. The summed E-state index contributed by atoms with van der Waals surface area (Å²) in [5.41, 5.74) is 2.55. The van der Waals surface area contributed by atoms with Gasteiger partial charge in [0.15, 0.2) is 5.65 Å². The number of hydrogen-bond acceptors (Lipinski definition) is 4. The van der Waals surface area contributed by atoms with E-state index in [4.69, 9.17) is 9.72 Å². The molecule has 0 saturated heterocycles. The topological polar surface area (TPSA) is 69.0 Å². The molecule has 2 saturated carbocycles. The van der Waals surface area contributed by atoms with Crippen molar-refractivity contribution in [1.29, 1.82) is 0 Å². The summed E-state index contributed by atoms with van der Waals surface area (Å²) < 4.78 is 7.87. The van der Waals surface area contributed by atoms with Crippen molar-refractivity contribution < 1.29 is 9.53 Å². The van der Waals surface area contributed by atoms with E-state index in [1.807, 2.05) is 10.7 Å². The van der Waals surface area contributed by atoms with Gasteiger partial charge in [0.1, 0.15) is 0 Å². The molecule has 0 radical (unpaired) electrons. The summed E-state index contributed by atoms with van der Waals surface area (Å²) in [6.07, 6.45) is 11.6.